The lowest BCUT2D eigenvalue weighted by atomic mass is 10.0. The number of rotatable bonds is 7. The molecule has 0 radical (unpaired) electrons. The van der Waals surface area contributed by atoms with Gasteiger partial charge in [0, 0.05) is 29.6 Å². The number of para-hydroxylation sites is 1. The number of aliphatic hydroxyl groups excluding tert-OH is 1. The van der Waals surface area contributed by atoms with Crippen molar-refractivity contribution in [3.63, 3.8) is 0 Å². The van der Waals surface area contributed by atoms with E-state index >= 15 is 0 Å². The largest absolute Gasteiger partial charge is 0.497 e. The first-order valence-electron chi connectivity index (χ1n) is 11.2. The van der Waals surface area contributed by atoms with Gasteiger partial charge in [0.25, 0.3) is 0 Å². The van der Waals surface area contributed by atoms with Crippen LogP contribution >= 0.6 is 0 Å². The Hall–Kier alpha value is -2.93. The van der Waals surface area contributed by atoms with Gasteiger partial charge in [-0.05, 0) is 67.9 Å². The number of piperidine rings is 1. The average Bonchev–Trinajstić information content (AvgIpc) is 3.26. The van der Waals surface area contributed by atoms with Crippen molar-refractivity contribution in [2.24, 2.45) is 0 Å². The van der Waals surface area contributed by atoms with Crippen molar-refractivity contribution in [3.05, 3.63) is 72.1 Å². The van der Waals surface area contributed by atoms with Crippen molar-refractivity contribution in [1.29, 1.82) is 0 Å². The zero-order valence-electron chi connectivity index (χ0n) is 18.3. The van der Waals surface area contributed by atoms with Gasteiger partial charge in [-0.3, -0.25) is 4.98 Å². The Morgan fingerprint density at radius 1 is 1.16 bits per heavy atom. The summed E-state index contributed by atoms with van der Waals surface area (Å²) in [6.45, 7) is 3.28. The number of benzene rings is 2. The molecule has 5 rings (SSSR count). The first-order valence-corrected chi connectivity index (χ1v) is 11.2. The van der Waals surface area contributed by atoms with Crippen molar-refractivity contribution in [1.82, 2.24) is 15.2 Å². The number of hydrogen-bond acceptors (Lipinski definition) is 6. The number of aliphatic hydroxyl groups is 1. The molecule has 1 fully saturated rings. The van der Waals surface area contributed by atoms with E-state index in [1.165, 1.54) is 0 Å². The predicted octanol–water partition coefficient (Wildman–Crippen LogP) is 4.28. The molecule has 1 aliphatic heterocycles. The van der Waals surface area contributed by atoms with Crippen LogP contribution in [0, 0.1) is 0 Å². The highest BCUT2D eigenvalue weighted by Gasteiger charge is 2.22. The highest BCUT2D eigenvalue weighted by molar-refractivity contribution is 5.83. The highest BCUT2D eigenvalue weighted by Crippen LogP contribution is 2.28. The second-order valence-corrected chi connectivity index (χ2v) is 8.51. The van der Waals surface area contributed by atoms with Crippen LogP contribution in [0.4, 0.5) is 0 Å². The Morgan fingerprint density at radius 2 is 2.00 bits per heavy atom. The molecule has 2 aromatic carbocycles. The van der Waals surface area contributed by atoms with Crippen LogP contribution in [0.5, 0.6) is 5.75 Å². The normalized spacial score (nSPS) is 16.6. The van der Waals surface area contributed by atoms with Crippen LogP contribution in [-0.2, 0) is 6.54 Å². The fraction of sp³-hybridized carbons (Fsp3) is 0.346. The third-order valence-electron chi connectivity index (χ3n) is 6.40. The number of fused-ring (bicyclic) bond motifs is 2. The van der Waals surface area contributed by atoms with Crippen molar-refractivity contribution in [3.8, 4) is 5.75 Å². The van der Waals surface area contributed by atoms with Gasteiger partial charge in [-0.25, -0.2) is 0 Å². The van der Waals surface area contributed by atoms with E-state index in [0.717, 1.165) is 71.4 Å². The Labute approximate surface area is 187 Å². The molecule has 1 atom stereocenters. The van der Waals surface area contributed by atoms with Crippen molar-refractivity contribution >= 4 is 21.9 Å². The monoisotopic (exact) mass is 431 g/mol. The van der Waals surface area contributed by atoms with Crippen LogP contribution in [0.3, 0.4) is 0 Å². The van der Waals surface area contributed by atoms with Gasteiger partial charge in [-0.15, -0.1) is 0 Å². The van der Waals surface area contributed by atoms with Gasteiger partial charge in [-0.2, -0.15) is 0 Å². The molecule has 0 amide bonds. The number of hydrogen-bond donors (Lipinski definition) is 2. The molecule has 166 valence electrons. The molecular weight excluding hydrogens is 402 g/mol. The van der Waals surface area contributed by atoms with E-state index in [4.69, 9.17) is 9.15 Å². The zero-order chi connectivity index (χ0) is 21.9. The summed E-state index contributed by atoms with van der Waals surface area (Å²) >= 11 is 0. The summed E-state index contributed by atoms with van der Waals surface area (Å²) in [5.74, 6) is 1.75. The molecule has 1 aliphatic rings. The van der Waals surface area contributed by atoms with E-state index in [0.29, 0.717) is 12.6 Å². The maximum absolute atomic E-state index is 11.0. The lowest BCUT2D eigenvalue weighted by Gasteiger charge is -2.33. The van der Waals surface area contributed by atoms with E-state index < -0.39 is 6.10 Å². The number of pyridine rings is 1. The SMILES string of the molecule is COc1ccc2nccc([C@@H](O)CN3CCC(NCc4cc5ccccc5o4)CC3)c2c1. The molecule has 32 heavy (non-hydrogen) atoms. The fourth-order valence-electron chi connectivity index (χ4n) is 4.60. The highest BCUT2D eigenvalue weighted by atomic mass is 16.5. The van der Waals surface area contributed by atoms with E-state index in [1.54, 1.807) is 13.3 Å². The van der Waals surface area contributed by atoms with Crippen molar-refractivity contribution < 1.29 is 14.3 Å². The molecule has 0 saturated carbocycles. The molecule has 3 heterocycles. The van der Waals surface area contributed by atoms with Gasteiger partial charge in [-0.1, -0.05) is 18.2 Å². The number of likely N-dealkylation sites (tertiary alicyclic amines) is 1. The smallest absolute Gasteiger partial charge is 0.134 e. The Morgan fingerprint density at radius 3 is 2.81 bits per heavy atom. The maximum Gasteiger partial charge on any atom is 0.134 e. The standard InChI is InChI=1S/C26H29N3O3/c1-31-20-6-7-24-23(15-20)22(8-11-27-24)25(30)17-29-12-9-19(10-13-29)28-16-21-14-18-4-2-3-5-26(18)32-21/h2-8,11,14-15,19,25,28,30H,9-10,12-13,16-17H2,1H3/t25-/m0/s1. The minimum Gasteiger partial charge on any atom is -0.497 e. The molecule has 6 nitrogen and oxygen atoms in total. The summed E-state index contributed by atoms with van der Waals surface area (Å²) in [6.07, 6.45) is 3.31. The summed E-state index contributed by atoms with van der Waals surface area (Å²) in [5.41, 5.74) is 2.71. The summed E-state index contributed by atoms with van der Waals surface area (Å²) in [5, 5.41) is 16.7. The van der Waals surface area contributed by atoms with Crippen LogP contribution in [0.1, 0.15) is 30.3 Å². The molecular formula is C26H29N3O3. The first kappa shape index (κ1) is 20.9. The van der Waals surface area contributed by atoms with Crippen LogP contribution in [0.2, 0.25) is 0 Å². The number of ether oxygens (including phenoxy) is 1. The van der Waals surface area contributed by atoms with Gasteiger partial charge in [0.05, 0.1) is 25.3 Å². The van der Waals surface area contributed by atoms with Crippen molar-refractivity contribution in [2.75, 3.05) is 26.7 Å². The molecule has 2 N–H and O–H groups in total. The molecule has 6 heteroatoms. The second-order valence-electron chi connectivity index (χ2n) is 8.51. The minimum atomic E-state index is -0.562. The van der Waals surface area contributed by atoms with Crippen LogP contribution in [0.15, 0.2) is 65.2 Å². The first-order chi connectivity index (χ1) is 15.7. The lowest BCUT2D eigenvalue weighted by molar-refractivity contribution is 0.0947. The number of aromatic nitrogens is 1. The van der Waals surface area contributed by atoms with E-state index in [2.05, 4.69) is 27.3 Å². The molecule has 0 unspecified atom stereocenters. The summed E-state index contributed by atoms with van der Waals surface area (Å²) in [7, 11) is 1.65. The number of nitrogens with zero attached hydrogens (tertiary/aromatic N) is 2. The fourth-order valence-corrected chi connectivity index (χ4v) is 4.60. The number of β-amino-alcohol motifs (C(OH)–C–C–N with tert-alkyl or cyclic N) is 1. The molecule has 1 saturated heterocycles. The summed E-state index contributed by atoms with van der Waals surface area (Å²) in [6, 6.07) is 18.4. The Bertz CT molecular complexity index is 1160. The minimum absolute atomic E-state index is 0.461. The van der Waals surface area contributed by atoms with Crippen molar-refractivity contribution in [2.45, 2.75) is 31.5 Å². The topological polar surface area (TPSA) is 70.8 Å². The van der Waals surface area contributed by atoms with Gasteiger partial charge >= 0.3 is 0 Å². The van der Waals surface area contributed by atoms with Crippen LogP contribution in [-0.4, -0.2) is 47.8 Å². The average molecular weight is 432 g/mol. The number of methoxy groups -OCH3 is 1. The molecule has 2 aromatic heterocycles. The zero-order valence-corrected chi connectivity index (χ0v) is 18.3. The van der Waals surface area contributed by atoms with E-state index in [9.17, 15) is 5.11 Å². The molecule has 0 spiro atoms. The van der Waals surface area contributed by atoms with Crippen LogP contribution < -0.4 is 10.1 Å². The van der Waals surface area contributed by atoms with E-state index in [-0.39, 0.29) is 0 Å². The van der Waals surface area contributed by atoms with Gasteiger partial charge in [0.15, 0.2) is 0 Å². The predicted molar refractivity (Wildman–Crippen MR) is 126 cm³/mol. The Balaban J connectivity index is 1.16. The third kappa shape index (κ3) is 4.48. The maximum atomic E-state index is 11.0. The van der Waals surface area contributed by atoms with Crippen LogP contribution in [0.25, 0.3) is 21.9 Å². The third-order valence-corrected chi connectivity index (χ3v) is 6.40. The van der Waals surface area contributed by atoms with E-state index in [1.807, 2.05) is 42.5 Å². The lowest BCUT2D eigenvalue weighted by Crippen LogP contribution is -2.43. The van der Waals surface area contributed by atoms with Gasteiger partial charge in [0.1, 0.15) is 17.1 Å². The Kier molecular flexibility index (Phi) is 6.08. The molecule has 0 bridgehead atoms. The summed E-state index contributed by atoms with van der Waals surface area (Å²) < 4.78 is 11.3. The molecule has 0 aliphatic carbocycles. The number of furan rings is 1. The second kappa shape index (κ2) is 9.28. The quantitative estimate of drug-likeness (QED) is 0.455. The molecule has 4 aromatic rings. The summed E-state index contributed by atoms with van der Waals surface area (Å²) in [4.78, 5) is 6.76. The van der Waals surface area contributed by atoms with Gasteiger partial charge in [0.2, 0.25) is 0 Å². The number of nitrogens with one attached hydrogen (secondary N) is 1. The van der Waals surface area contributed by atoms with Gasteiger partial charge < -0.3 is 24.5 Å².